The molecule has 1 N–H and O–H groups in total. The van der Waals surface area contributed by atoms with E-state index in [1.165, 1.54) is 25.1 Å². The number of rotatable bonds is 3. The second-order valence-corrected chi connectivity index (χ2v) is 6.66. The van der Waals surface area contributed by atoms with E-state index in [0.717, 1.165) is 0 Å². The minimum absolute atomic E-state index is 0.0633. The molecule has 0 bridgehead atoms. The first kappa shape index (κ1) is 18.5. The van der Waals surface area contributed by atoms with Gasteiger partial charge in [-0.2, -0.15) is 0 Å². The molecule has 1 rings (SSSR count). The van der Waals surface area contributed by atoms with E-state index >= 15 is 0 Å². The molecule has 0 fully saturated rings. The van der Waals surface area contributed by atoms with Crippen molar-refractivity contribution in [2.75, 3.05) is 0 Å². The predicted molar refractivity (Wildman–Crippen MR) is 79.3 cm³/mol. The first-order valence-corrected chi connectivity index (χ1v) is 7.81. The van der Waals surface area contributed by atoms with Gasteiger partial charge < -0.3 is 0 Å². The molecular weight excluding hydrogens is 280 g/mol. The third-order valence-corrected chi connectivity index (χ3v) is 4.08. The maximum atomic E-state index is 12.1. The van der Waals surface area contributed by atoms with Gasteiger partial charge in [-0.15, -0.1) is 0 Å². The zero-order valence-electron chi connectivity index (χ0n) is 12.7. The van der Waals surface area contributed by atoms with E-state index in [9.17, 15) is 18.5 Å². The summed E-state index contributed by atoms with van der Waals surface area (Å²) in [4.78, 5) is 10.1. The van der Waals surface area contributed by atoms with Crippen LogP contribution in [0.15, 0.2) is 23.1 Å². The molecule has 0 unspecified atom stereocenters. The van der Waals surface area contributed by atoms with Gasteiger partial charge in [0.05, 0.1) is 9.82 Å². The highest BCUT2D eigenvalue weighted by molar-refractivity contribution is 7.89. The number of nitrogens with zero attached hydrogens (tertiary/aromatic N) is 1. The van der Waals surface area contributed by atoms with Gasteiger partial charge >= 0.3 is 0 Å². The summed E-state index contributed by atoms with van der Waals surface area (Å²) < 4.78 is 26.7. The number of nitro benzene ring substituents is 1. The molecule has 0 atom stereocenters. The van der Waals surface area contributed by atoms with Crippen LogP contribution in [0.3, 0.4) is 0 Å². The van der Waals surface area contributed by atoms with Crippen LogP contribution < -0.4 is 4.72 Å². The third kappa shape index (κ3) is 4.90. The van der Waals surface area contributed by atoms with Crippen LogP contribution in [0.25, 0.3) is 0 Å². The zero-order chi connectivity index (χ0) is 16.1. The summed E-state index contributed by atoms with van der Waals surface area (Å²) in [5.74, 6) is 0. The van der Waals surface area contributed by atoms with E-state index < -0.39 is 20.5 Å². The third-order valence-electron chi connectivity index (χ3n) is 2.18. The number of nitro groups is 1. The Balaban J connectivity index is 0.00000172. The predicted octanol–water partition coefficient (Wildman–Crippen LogP) is 3.01. The van der Waals surface area contributed by atoms with Gasteiger partial charge in [0.2, 0.25) is 10.0 Å². The Kier molecular flexibility index (Phi) is 6.31. The summed E-state index contributed by atoms with van der Waals surface area (Å²) in [6.45, 7) is 10.5. The molecule has 6 nitrogen and oxygen atoms in total. The van der Waals surface area contributed by atoms with E-state index in [1.807, 2.05) is 13.8 Å². The normalized spacial score (nSPS) is 11.5. The van der Waals surface area contributed by atoms with E-state index in [-0.39, 0.29) is 16.1 Å². The van der Waals surface area contributed by atoms with Crippen LogP contribution in [0, 0.1) is 17.0 Å². The van der Waals surface area contributed by atoms with Crippen LogP contribution in [0.5, 0.6) is 0 Å². The SMILES string of the molecule is CC.Cc1c([N+](=O)[O-])cccc1S(=O)(=O)NC(C)(C)C. The maximum absolute atomic E-state index is 12.1. The lowest BCUT2D eigenvalue weighted by Crippen LogP contribution is -2.40. The average molecular weight is 302 g/mol. The summed E-state index contributed by atoms with van der Waals surface area (Å²) in [5.41, 5.74) is -0.707. The molecule has 0 aromatic heterocycles. The summed E-state index contributed by atoms with van der Waals surface area (Å²) in [5, 5.41) is 10.8. The van der Waals surface area contributed by atoms with Gasteiger partial charge in [-0.3, -0.25) is 10.1 Å². The zero-order valence-corrected chi connectivity index (χ0v) is 13.5. The summed E-state index contributed by atoms with van der Waals surface area (Å²) in [6.07, 6.45) is 0. The average Bonchev–Trinajstić information content (AvgIpc) is 2.28. The second kappa shape index (κ2) is 6.81. The molecule has 0 aliphatic carbocycles. The Morgan fingerprint density at radius 1 is 1.20 bits per heavy atom. The van der Waals surface area contributed by atoms with Crippen LogP contribution in [0.4, 0.5) is 5.69 Å². The standard InChI is InChI=1S/C11H16N2O4S.C2H6/c1-8-9(13(14)15)6-5-7-10(8)18(16,17)12-11(2,3)4;1-2/h5-7,12H,1-4H3;1-2H3. The van der Waals surface area contributed by atoms with Crippen molar-refractivity contribution in [2.24, 2.45) is 0 Å². The lowest BCUT2D eigenvalue weighted by molar-refractivity contribution is -0.385. The van der Waals surface area contributed by atoms with Crippen molar-refractivity contribution in [3.05, 3.63) is 33.9 Å². The fourth-order valence-electron chi connectivity index (χ4n) is 1.55. The first-order chi connectivity index (χ1) is 9.04. The lowest BCUT2D eigenvalue weighted by atomic mass is 10.1. The van der Waals surface area contributed by atoms with E-state index in [1.54, 1.807) is 20.8 Å². The largest absolute Gasteiger partial charge is 0.273 e. The Labute approximate surface area is 120 Å². The van der Waals surface area contributed by atoms with Crippen molar-refractivity contribution in [2.45, 2.75) is 52.0 Å². The van der Waals surface area contributed by atoms with E-state index in [2.05, 4.69) is 4.72 Å². The summed E-state index contributed by atoms with van der Waals surface area (Å²) in [6, 6.07) is 4.00. The smallest absolute Gasteiger partial charge is 0.258 e. The second-order valence-electron chi connectivity index (χ2n) is 5.01. The van der Waals surface area contributed by atoms with Gasteiger partial charge in [-0.1, -0.05) is 19.9 Å². The van der Waals surface area contributed by atoms with Crippen LogP contribution in [0.2, 0.25) is 0 Å². The summed E-state index contributed by atoms with van der Waals surface area (Å²) >= 11 is 0. The monoisotopic (exact) mass is 302 g/mol. The molecule has 0 aliphatic rings. The highest BCUT2D eigenvalue weighted by Crippen LogP contribution is 2.25. The first-order valence-electron chi connectivity index (χ1n) is 6.32. The molecule has 0 heterocycles. The number of hydrogen-bond acceptors (Lipinski definition) is 4. The molecule has 1 aromatic rings. The number of hydrogen-bond donors (Lipinski definition) is 1. The van der Waals surface area contributed by atoms with E-state index in [4.69, 9.17) is 0 Å². The Morgan fingerprint density at radius 3 is 2.10 bits per heavy atom. The van der Waals surface area contributed by atoms with Crippen molar-refractivity contribution in [1.29, 1.82) is 0 Å². The van der Waals surface area contributed by atoms with Crippen molar-refractivity contribution in [3.63, 3.8) is 0 Å². The quantitative estimate of drug-likeness (QED) is 0.686. The van der Waals surface area contributed by atoms with Crippen molar-refractivity contribution in [1.82, 2.24) is 4.72 Å². The number of benzene rings is 1. The topological polar surface area (TPSA) is 89.3 Å². The highest BCUT2D eigenvalue weighted by atomic mass is 32.2. The van der Waals surface area contributed by atoms with Gasteiger partial charge in [-0.05, 0) is 33.8 Å². The highest BCUT2D eigenvalue weighted by Gasteiger charge is 2.26. The molecule has 7 heteroatoms. The van der Waals surface area contributed by atoms with Crippen LogP contribution >= 0.6 is 0 Å². The van der Waals surface area contributed by atoms with Gasteiger partial charge in [-0.25, -0.2) is 13.1 Å². The molecule has 0 amide bonds. The van der Waals surface area contributed by atoms with Crippen molar-refractivity contribution in [3.8, 4) is 0 Å². The fourth-order valence-corrected chi connectivity index (χ4v) is 3.23. The minimum atomic E-state index is -3.76. The van der Waals surface area contributed by atoms with Crippen LogP contribution in [-0.4, -0.2) is 18.9 Å². The number of sulfonamides is 1. The van der Waals surface area contributed by atoms with Gasteiger partial charge in [0.15, 0.2) is 0 Å². The lowest BCUT2D eigenvalue weighted by Gasteiger charge is -2.21. The van der Waals surface area contributed by atoms with Gasteiger partial charge in [0, 0.05) is 17.2 Å². The molecule has 1 aromatic carbocycles. The molecule has 20 heavy (non-hydrogen) atoms. The molecule has 0 aliphatic heterocycles. The Hall–Kier alpha value is -1.47. The van der Waals surface area contributed by atoms with Crippen LogP contribution in [-0.2, 0) is 10.0 Å². The maximum Gasteiger partial charge on any atom is 0.273 e. The minimum Gasteiger partial charge on any atom is -0.258 e. The van der Waals surface area contributed by atoms with Gasteiger partial charge in [0.1, 0.15) is 0 Å². The molecule has 0 saturated heterocycles. The Bertz CT molecular complexity index is 575. The number of nitrogens with one attached hydrogen (secondary N) is 1. The molecule has 114 valence electrons. The van der Waals surface area contributed by atoms with Gasteiger partial charge in [0.25, 0.3) is 5.69 Å². The molecule has 0 saturated carbocycles. The van der Waals surface area contributed by atoms with Crippen molar-refractivity contribution < 1.29 is 13.3 Å². The fraction of sp³-hybridized carbons (Fsp3) is 0.538. The molecule has 0 radical (unpaired) electrons. The molecule has 0 spiro atoms. The summed E-state index contributed by atoms with van der Waals surface area (Å²) in [7, 11) is -3.76. The molecular formula is C13H22N2O4S. The van der Waals surface area contributed by atoms with Crippen LogP contribution in [0.1, 0.15) is 40.2 Å². The van der Waals surface area contributed by atoms with E-state index in [0.29, 0.717) is 0 Å². The van der Waals surface area contributed by atoms with Crippen molar-refractivity contribution >= 4 is 15.7 Å². The Morgan fingerprint density at radius 2 is 1.70 bits per heavy atom.